The minimum absolute atomic E-state index is 0.0340. The lowest BCUT2D eigenvalue weighted by Crippen LogP contribution is -2.44. The molecule has 1 unspecified atom stereocenters. The van der Waals surface area contributed by atoms with Crippen LogP contribution in [0.1, 0.15) is 37.3 Å². The maximum atomic E-state index is 13.5. The van der Waals surface area contributed by atoms with Crippen molar-refractivity contribution in [2.45, 2.75) is 31.7 Å². The number of nitrogens with one attached hydrogen (secondary N) is 1. The highest BCUT2D eigenvalue weighted by Crippen LogP contribution is 2.32. The van der Waals surface area contributed by atoms with Crippen molar-refractivity contribution in [3.05, 3.63) is 35.6 Å². The summed E-state index contributed by atoms with van der Waals surface area (Å²) in [5.41, 5.74) is 0.847. The van der Waals surface area contributed by atoms with Crippen LogP contribution in [0, 0.1) is 17.7 Å². The van der Waals surface area contributed by atoms with Crippen molar-refractivity contribution in [3.63, 3.8) is 0 Å². The summed E-state index contributed by atoms with van der Waals surface area (Å²) in [6, 6.07) is 6.42. The van der Waals surface area contributed by atoms with Crippen LogP contribution in [0.15, 0.2) is 24.3 Å². The molecule has 1 aliphatic heterocycles. The molecule has 1 atom stereocenters. The number of likely N-dealkylation sites (N-methyl/N-ethyl adjacent to an activating group) is 1. The summed E-state index contributed by atoms with van der Waals surface area (Å²) < 4.78 is 13.5. The molecule has 0 aromatic heterocycles. The van der Waals surface area contributed by atoms with Gasteiger partial charge in [0.1, 0.15) is 5.82 Å². The van der Waals surface area contributed by atoms with Gasteiger partial charge in [-0.3, -0.25) is 9.59 Å². The predicted molar refractivity (Wildman–Crippen MR) is 97.9 cm³/mol. The first-order chi connectivity index (χ1) is 12.5. The monoisotopic (exact) mass is 361 g/mol. The lowest BCUT2D eigenvalue weighted by Gasteiger charge is -2.32. The maximum Gasteiger partial charge on any atom is 0.225 e. The number of nitrogens with zero attached hydrogens (tertiary/aromatic N) is 2. The van der Waals surface area contributed by atoms with E-state index < -0.39 is 0 Å². The predicted octanol–water partition coefficient (Wildman–Crippen LogP) is 2.19. The van der Waals surface area contributed by atoms with E-state index >= 15 is 0 Å². The van der Waals surface area contributed by atoms with Gasteiger partial charge in [-0.1, -0.05) is 12.1 Å². The molecule has 6 heteroatoms. The number of rotatable bonds is 6. The van der Waals surface area contributed by atoms with Crippen LogP contribution in [-0.4, -0.2) is 55.3 Å². The molecule has 0 radical (unpaired) electrons. The number of benzene rings is 1. The van der Waals surface area contributed by atoms with Crippen molar-refractivity contribution >= 4 is 11.8 Å². The molecule has 26 heavy (non-hydrogen) atoms. The molecule has 2 fully saturated rings. The summed E-state index contributed by atoms with van der Waals surface area (Å²) >= 11 is 0. The molecule has 0 bridgehead atoms. The van der Waals surface area contributed by atoms with E-state index in [4.69, 9.17) is 0 Å². The fraction of sp³-hybridized carbons (Fsp3) is 0.600. The SMILES string of the molecule is CN(C)C(CNC(=O)C1CCN(C(=O)C2CC2)CC1)c1cccc(F)c1. The van der Waals surface area contributed by atoms with E-state index in [0.717, 1.165) is 31.2 Å². The molecule has 2 aliphatic rings. The van der Waals surface area contributed by atoms with Crippen molar-refractivity contribution < 1.29 is 14.0 Å². The highest BCUT2D eigenvalue weighted by atomic mass is 19.1. The van der Waals surface area contributed by atoms with Crippen LogP contribution in [0.5, 0.6) is 0 Å². The Balaban J connectivity index is 1.50. The van der Waals surface area contributed by atoms with Crippen LogP contribution < -0.4 is 5.32 Å². The zero-order valence-electron chi connectivity index (χ0n) is 15.6. The van der Waals surface area contributed by atoms with Crippen LogP contribution in [0.2, 0.25) is 0 Å². The first-order valence-corrected chi connectivity index (χ1v) is 9.44. The van der Waals surface area contributed by atoms with E-state index in [9.17, 15) is 14.0 Å². The third kappa shape index (κ3) is 4.61. The lowest BCUT2D eigenvalue weighted by molar-refractivity contribution is -0.136. The number of hydrogen-bond acceptors (Lipinski definition) is 3. The fourth-order valence-corrected chi connectivity index (χ4v) is 3.60. The second-order valence-electron chi connectivity index (χ2n) is 7.65. The van der Waals surface area contributed by atoms with E-state index in [1.165, 1.54) is 12.1 Å². The number of likely N-dealkylation sites (tertiary alicyclic amines) is 1. The van der Waals surface area contributed by atoms with Gasteiger partial charge in [-0.05, 0) is 57.5 Å². The number of carbonyl (C=O) groups excluding carboxylic acids is 2. The van der Waals surface area contributed by atoms with Crippen molar-refractivity contribution in [1.29, 1.82) is 0 Å². The molecule has 1 N–H and O–H groups in total. The molecule has 1 aromatic carbocycles. The van der Waals surface area contributed by atoms with Crippen LogP contribution >= 0.6 is 0 Å². The molecule has 142 valence electrons. The van der Waals surface area contributed by atoms with Crippen LogP contribution in [0.3, 0.4) is 0 Å². The minimum atomic E-state index is -0.270. The topological polar surface area (TPSA) is 52.7 Å². The summed E-state index contributed by atoms with van der Waals surface area (Å²) in [7, 11) is 3.84. The number of amides is 2. The van der Waals surface area contributed by atoms with E-state index in [1.807, 2.05) is 30.0 Å². The Morgan fingerprint density at radius 3 is 2.46 bits per heavy atom. The van der Waals surface area contributed by atoms with Gasteiger partial charge in [0, 0.05) is 31.5 Å². The van der Waals surface area contributed by atoms with E-state index in [1.54, 1.807) is 6.07 Å². The van der Waals surface area contributed by atoms with Gasteiger partial charge >= 0.3 is 0 Å². The molecule has 0 spiro atoms. The first kappa shape index (κ1) is 18.8. The van der Waals surface area contributed by atoms with Crippen molar-refractivity contribution in [1.82, 2.24) is 15.1 Å². The second-order valence-corrected chi connectivity index (χ2v) is 7.65. The second kappa shape index (κ2) is 8.16. The zero-order valence-corrected chi connectivity index (χ0v) is 15.6. The highest BCUT2D eigenvalue weighted by Gasteiger charge is 2.36. The lowest BCUT2D eigenvalue weighted by atomic mass is 9.95. The van der Waals surface area contributed by atoms with Gasteiger partial charge in [-0.2, -0.15) is 0 Å². The number of carbonyl (C=O) groups is 2. The average Bonchev–Trinajstić information content (AvgIpc) is 3.46. The van der Waals surface area contributed by atoms with Crippen LogP contribution in [0.4, 0.5) is 4.39 Å². The van der Waals surface area contributed by atoms with Crippen molar-refractivity contribution in [2.24, 2.45) is 11.8 Å². The Morgan fingerprint density at radius 1 is 1.19 bits per heavy atom. The summed E-state index contributed by atoms with van der Waals surface area (Å²) in [6.45, 7) is 1.79. The van der Waals surface area contributed by atoms with Gasteiger partial charge in [0.15, 0.2) is 0 Å². The van der Waals surface area contributed by atoms with Gasteiger partial charge < -0.3 is 15.1 Å². The molecule has 1 aromatic rings. The van der Waals surface area contributed by atoms with Gasteiger partial charge in [-0.15, -0.1) is 0 Å². The Bertz CT molecular complexity index is 652. The molecular weight excluding hydrogens is 333 g/mol. The summed E-state index contributed by atoms with van der Waals surface area (Å²) in [4.78, 5) is 28.5. The largest absolute Gasteiger partial charge is 0.354 e. The van der Waals surface area contributed by atoms with E-state index in [0.29, 0.717) is 19.6 Å². The zero-order chi connectivity index (χ0) is 18.7. The highest BCUT2D eigenvalue weighted by molar-refractivity contribution is 5.82. The average molecular weight is 361 g/mol. The summed E-state index contributed by atoms with van der Waals surface area (Å²) in [5, 5.41) is 3.02. The molecule has 1 heterocycles. The maximum absolute atomic E-state index is 13.5. The molecule has 1 aliphatic carbocycles. The van der Waals surface area contributed by atoms with E-state index in [-0.39, 0.29) is 35.5 Å². The smallest absolute Gasteiger partial charge is 0.225 e. The van der Waals surface area contributed by atoms with E-state index in [2.05, 4.69) is 5.32 Å². The Labute approximate surface area is 154 Å². The van der Waals surface area contributed by atoms with Gasteiger partial charge in [-0.25, -0.2) is 4.39 Å². The number of halogens is 1. The molecule has 1 saturated carbocycles. The standard InChI is InChI=1S/C20H28FN3O2/c1-23(2)18(16-4-3-5-17(21)12-16)13-22-19(25)14-8-10-24(11-9-14)20(26)15-6-7-15/h3-5,12,14-15,18H,6-11,13H2,1-2H3,(H,22,25). The van der Waals surface area contributed by atoms with Gasteiger partial charge in [0.2, 0.25) is 11.8 Å². The normalized spacial score (nSPS) is 19.5. The number of piperidine rings is 1. The van der Waals surface area contributed by atoms with Crippen LogP contribution in [0.25, 0.3) is 0 Å². The minimum Gasteiger partial charge on any atom is -0.354 e. The summed E-state index contributed by atoms with van der Waals surface area (Å²) in [6.07, 6.45) is 3.48. The molecule has 3 rings (SSSR count). The molecule has 1 saturated heterocycles. The molecule has 2 amide bonds. The molecule has 5 nitrogen and oxygen atoms in total. The van der Waals surface area contributed by atoms with Gasteiger partial charge in [0.25, 0.3) is 0 Å². The Hall–Kier alpha value is -1.95. The molecular formula is C20H28FN3O2. The van der Waals surface area contributed by atoms with Crippen molar-refractivity contribution in [2.75, 3.05) is 33.7 Å². The third-order valence-corrected chi connectivity index (χ3v) is 5.43. The Kier molecular flexibility index (Phi) is 5.91. The third-order valence-electron chi connectivity index (χ3n) is 5.43. The Morgan fingerprint density at radius 2 is 1.88 bits per heavy atom. The number of hydrogen-bond donors (Lipinski definition) is 1. The quantitative estimate of drug-likeness (QED) is 0.845. The first-order valence-electron chi connectivity index (χ1n) is 9.44. The van der Waals surface area contributed by atoms with Crippen molar-refractivity contribution in [3.8, 4) is 0 Å². The van der Waals surface area contributed by atoms with Gasteiger partial charge in [0.05, 0.1) is 6.04 Å². The van der Waals surface area contributed by atoms with Crippen LogP contribution in [-0.2, 0) is 9.59 Å². The fourth-order valence-electron chi connectivity index (χ4n) is 3.60. The summed E-state index contributed by atoms with van der Waals surface area (Å²) in [5.74, 6) is 0.226.